The third-order valence-electron chi connectivity index (χ3n) is 2.83. The molecule has 1 aliphatic rings. The van der Waals surface area contributed by atoms with Crippen LogP contribution in [0.3, 0.4) is 0 Å². The van der Waals surface area contributed by atoms with Gasteiger partial charge in [-0.1, -0.05) is 6.92 Å². The van der Waals surface area contributed by atoms with Crippen molar-refractivity contribution in [1.29, 1.82) is 0 Å². The van der Waals surface area contributed by atoms with Gasteiger partial charge in [0.1, 0.15) is 0 Å². The molecule has 0 aromatic carbocycles. The number of aliphatic hydroxyl groups is 1. The zero-order chi connectivity index (χ0) is 11.4. The van der Waals surface area contributed by atoms with Crippen LogP contribution in [0.25, 0.3) is 0 Å². The van der Waals surface area contributed by atoms with E-state index in [0.717, 1.165) is 6.42 Å². The second-order valence-electron chi connectivity index (χ2n) is 4.01. The number of ketones is 1. The number of hydrogen-bond donors (Lipinski definition) is 3. The van der Waals surface area contributed by atoms with E-state index in [1.165, 1.54) is 7.05 Å². The Labute approximate surface area is 89.2 Å². The van der Waals surface area contributed by atoms with Gasteiger partial charge in [0, 0.05) is 18.4 Å². The van der Waals surface area contributed by atoms with Crippen LogP contribution >= 0.6 is 0 Å². The molecule has 1 fully saturated rings. The zero-order valence-electron chi connectivity index (χ0n) is 9.12. The maximum Gasteiger partial charge on any atom is 0.223 e. The van der Waals surface area contributed by atoms with Gasteiger partial charge in [-0.2, -0.15) is 0 Å². The SMILES string of the molecule is CNC(O)C(=O)C(C)C[C@@H]1CCNC1=O. The molecule has 0 aromatic rings. The Bertz CT molecular complexity index is 255. The van der Waals surface area contributed by atoms with Gasteiger partial charge in [-0.15, -0.1) is 0 Å². The monoisotopic (exact) mass is 214 g/mol. The van der Waals surface area contributed by atoms with Crippen molar-refractivity contribution in [3.8, 4) is 0 Å². The molecule has 1 heterocycles. The van der Waals surface area contributed by atoms with Gasteiger partial charge >= 0.3 is 0 Å². The van der Waals surface area contributed by atoms with Crippen molar-refractivity contribution in [1.82, 2.24) is 10.6 Å². The van der Waals surface area contributed by atoms with Gasteiger partial charge in [0.25, 0.3) is 0 Å². The molecule has 5 nitrogen and oxygen atoms in total. The third kappa shape index (κ3) is 3.00. The number of likely N-dealkylation sites (N-methyl/N-ethyl adjacent to an activating group) is 1. The first kappa shape index (κ1) is 12.1. The molecule has 1 rings (SSSR count). The topological polar surface area (TPSA) is 78.4 Å². The maximum atomic E-state index is 11.5. The summed E-state index contributed by atoms with van der Waals surface area (Å²) in [5.74, 6) is -0.597. The molecule has 0 saturated carbocycles. The van der Waals surface area contributed by atoms with Crippen LogP contribution in [0.5, 0.6) is 0 Å². The Morgan fingerprint density at radius 1 is 1.73 bits per heavy atom. The van der Waals surface area contributed by atoms with Crippen LogP contribution in [0.2, 0.25) is 0 Å². The number of Topliss-reactive ketones (excluding diaryl/α,β-unsaturated/α-hetero) is 1. The first-order valence-corrected chi connectivity index (χ1v) is 5.23. The van der Waals surface area contributed by atoms with Crippen molar-refractivity contribution < 1.29 is 14.7 Å². The zero-order valence-corrected chi connectivity index (χ0v) is 9.12. The molecular formula is C10H18N2O3. The highest BCUT2D eigenvalue weighted by Crippen LogP contribution is 2.20. The second-order valence-corrected chi connectivity index (χ2v) is 4.01. The quantitative estimate of drug-likeness (QED) is 0.526. The minimum Gasteiger partial charge on any atom is -0.371 e. The number of hydrogen-bond acceptors (Lipinski definition) is 4. The summed E-state index contributed by atoms with van der Waals surface area (Å²) in [5.41, 5.74) is 0. The molecule has 1 amide bonds. The predicted octanol–water partition coefficient (Wildman–Crippen LogP) is -0.744. The van der Waals surface area contributed by atoms with Crippen molar-refractivity contribution in [3.05, 3.63) is 0 Å². The molecule has 0 radical (unpaired) electrons. The smallest absolute Gasteiger partial charge is 0.223 e. The first-order chi connectivity index (χ1) is 7.06. The lowest BCUT2D eigenvalue weighted by molar-refractivity contribution is -0.133. The van der Waals surface area contributed by atoms with Crippen LogP contribution in [-0.2, 0) is 9.59 Å². The van der Waals surface area contributed by atoms with E-state index in [4.69, 9.17) is 0 Å². The van der Waals surface area contributed by atoms with E-state index in [0.29, 0.717) is 13.0 Å². The molecule has 2 unspecified atom stereocenters. The normalized spacial score (nSPS) is 24.7. The van der Waals surface area contributed by atoms with Crippen molar-refractivity contribution in [2.24, 2.45) is 11.8 Å². The van der Waals surface area contributed by atoms with Gasteiger partial charge in [-0.25, -0.2) is 0 Å². The van der Waals surface area contributed by atoms with Gasteiger partial charge in [-0.3, -0.25) is 14.9 Å². The van der Waals surface area contributed by atoms with E-state index in [1.54, 1.807) is 6.92 Å². The van der Waals surface area contributed by atoms with Crippen LogP contribution in [0.1, 0.15) is 19.8 Å². The molecule has 3 N–H and O–H groups in total. The molecule has 0 aromatic heterocycles. The largest absolute Gasteiger partial charge is 0.371 e. The average molecular weight is 214 g/mol. The summed E-state index contributed by atoms with van der Waals surface area (Å²) in [6, 6.07) is 0. The lowest BCUT2D eigenvalue weighted by atomic mass is 9.91. The number of carbonyl (C=O) groups excluding carboxylic acids is 2. The molecule has 0 spiro atoms. The molecule has 1 saturated heterocycles. The molecule has 15 heavy (non-hydrogen) atoms. The molecule has 86 valence electrons. The summed E-state index contributed by atoms with van der Waals surface area (Å²) in [4.78, 5) is 22.8. The fourth-order valence-corrected chi connectivity index (χ4v) is 1.82. The Hall–Kier alpha value is -0.940. The summed E-state index contributed by atoms with van der Waals surface area (Å²) < 4.78 is 0. The van der Waals surface area contributed by atoms with E-state index < -0.39 is 6.23 Å². The van der Waals surface area contributed by atoms with Crippen LogP contribution in [0, 0.1) is 11.8 Å². The van der Waals surface area contributed by atoms with E-state index in [9.17, 15) is 14.7 Å². The standard InChI is InChI=1S/C10H18N2O3/c1-6(8(13)10(15)11-2)5-7-3-4-12-9(7)14/h6-7,10-11,15H,3-5H2,1-2H3,(H,12,14)/t6?,7-,10?/m0/s1. The highest BCUT2D eigenvalue weighted by atomic mass is 16.3. The number of rotatable bonds is 5. The van der Waals surface area contributed by atoms with Crippen LogP contribution in [0.4, 0.5) is 0 Å². The Kier molecular flexibility index (Phi) is 4.23. The van der Waals surface area contributed by atoms with Gasteiger partial charge < -0.3 is 10.4 Å². The van der Waals surface area contributed by atoms with Gasteiger partial charge in [0.05, 0.1) is 0 Å². The number of aliphatic hydroxyl groups excluding tert-OH is 1. The Morgan fingerprint density at radius 3 is 2.87 bits per heavy atom. The lowest BCUT2D eigenvalue weighted by Crippen LogP contribution is -2.38. The van der Waals surface area contributed by atoms with E-state index in [1.807, 2.05) is 0 Å². The molecule has 1 aliphatic heterocycles. The van der Waals surface area contributed by atoms with Crippen LogP contribution < -0.4 is 10.6 Å². The minimum atomic E-state index is -1.12. The highest BCUT2D eigenvalue weighted by Gasteiger charge is 2.29. The van der Waals surface area contributed by atoms with Crippen molar-refractivity contribution in [2.45, 2.75) is 26.0 Å². The first-order valence-electron chi connectivity index (χ1n) is 5.23. The van der Waals surface area contributed by atoms with Gasteiger partial charge in [0.15, 0.2) is 12.0 Å². The Balaban J connectivity index is 2.44. The van der Waals surface area contributed by atoms with E-state index >= 15 is 0 Å². The average Bonchev–Trinajstić information content (AvgIpc) is 2.62. The number of nitrogens with one attached hydrogen (secondary N) is 2. The highest BCUT2D eigenvalue weighted by molar-refractivity contribution is 5.86. The Morgan fingerprint density at radius 2 is 2.40 bits per heavy atom. The van der Waals surface area contributed by atoms with E-state index in [2.05, 4.69) is 10.6 Å². The summed E-state index contributed by atoms with van der Waals surface area (Å²) in [6.45, 7) is 2.44. The van der Waals surface area contributed by atoms with Crippen molar-refractivity contribution >= 4 is 11.7 Å². The molecule has 0 bridgehead atoms. The van der Waals surface area contributed by atoms with Gasteiger partial charge in [-0.05, 0) is 19.9 Å². The fourth-order valence-electron chi connectivity index (χ4n) is 1.82. The van der Waals surface area contributed by atoms with E-state index in [-0.39, 0.29) is 23.5 Å². The van der Waals surface area contributed by atoms with Crippen molar-refractivity contribution in [3.63, 3.8) is 0 Å². The fraction of sp³-hybridized carbons (Fsp3) is 0.800. The summed E-state index contributed by atoms with van der Waals surface area (Å²) in [6.07, 6.45) is 0.180. The van der Waals surface area contributed by atoms with Crippen molar-refractivity contribution in [2.75, 3.05) is 13.6 Å². The number of amides is 1. The summed E-state index contributed by atoms with van der Waals surface area (Å²) >= 11 is 0. The predicted molar refractivity (Wildman–Crippen MR) is 55.0 cm³/mol. The van der Waals surface area contributed by atoms with Crippen LogP contribution in [0.15, 0.2) is 0 Å². The molecule has 5 heteroatoms. The molecular weight excluding hydrogens is 196 g/mol. The molecule has 0 aliphatic carbocycles. The van der Waals surface area contributed by atoms with Crippen LogP contribution in [-0.4, -0.2) is 36.6 Å². The minimum absolute atomic E-state index is 0.0218. The van der Waals surface area contributed by atoms with Gasteiger partial charge in [0.2, 0.25) is 5.91 Å². The maximum absolute atomic E-state index is 11.5. The third-order valence-corrected chi connectivity index (χ3v) is 2.83. The summed E-state index contributed by atoms with van der Waals surface area (Å²) in [5, 5.41) is 14.5. The molecule has 3 atom stereocenters. The second kappa shape index (κ2) is 5.23. The lowest BCUT2D eigenvalue weighted by Gasteiger charge is -2.16. The number of carbonyl (C=O) groups is 2. The summed E-state index contributed by atoms with van der Waals surface area (Å²) in [7, 11) is 1.53.